The molecular formula is C13H21N3O2. The molecule has 2 unspecified atom stereocenters. The van der Waals surface area contributed by atoms with Gasteiger partial charge in [0.15, 0.2) is 0 Å². The predicted molar refractivity (Wildman–Crippen MR) is 70.0 cm³/mol. The van der Waals surface area contributed by atoms with Gasteiger partial charge in [-0.15, -0.1) is 0 Å². The van der Waals surface area contributed by atoms with Crippen LogP contribution in [0.5, 0.6) is 0 Å². The van der Waals surface area contributed by atoms with Crippen molar-refractivity contribution in [3.05, 3.63) is 23.5 Å². The van der Waals surface area contributed by atoms with Crippen LogP contribution in [0.4, 0.5) is 0 Å². The first-order valence-electron chi connectivity index (χ1n) is 6.40. The molecule has 5 nitrogen and oxygen atoms in total. The van der Waals surface area contributed by atoms with Crippen molar-refractivity contribution in [2.45, 2.75) is 26.8 Å². The highest BCUT2D eigenvalue weighted by atomic mass is 16.5. The Morgan fingerprint density at radius 2 is 2.06 bits per heavy atom. The summed E-state index contributed by atoms with van der Waals surface area (Å²) in [5.74, 6) is -0.105. The number of likely N-dealkylation sites (N-methyl/N-ethyl adjacent to an activating group) is 1. The zero-order chi connectivity index (χ0) is 13.1. The number of hydrogen-bond donors (Lipinski definition) is 2. The number of aryl methyl sites for hydroxylation is 2. The van der Waals surface area contributed by atoms with Crippen molar-refractivity contribution in [3.63, 3.8) is 0 Å². The lowest BCUT2D eigenvalue weighted by atomic mass is 10.0. The summed E-state index contributed by atoms with van der Waals surface area (Å²) in [6.07, 6.45) is 0. The topological polar surface area (TPSA) is 55.3 Å². The van der Waals surface area contributed by atoms with E-state index in [4.69, 9.17) is 4.74 Å². The lowest BCUT2D eigenvalue weighted by Crippen LogP contribution is -2.43. The van der Waals surface area contributed by atoms with Gasteiger partial charge in [0.2, 0.25) is 5.91 Å². The Balaban J connectivity index is 2.03. The Morgan fingerprint density at radius 3 is 2.67 bits per heavy atom. The molecule has 1 aromatic heterocycles. The number of aromatic nitrogens is 1. The summed E-state index contributed by atoms with van der Waals surface area (Å²) in [6, 6.07) is 4.09. The first-order chi connectivity index (χ1) is 8.63. The zero-order valence-corrected chi connectivity index (χ0v) is 11.2. The van der Waals surface area contributed by atoms with Crippen molar-refractivity contribution in [1.82, 2.24) is 9.99 Å². The van der Waals surface area contributed by atoms with Crippen molar-refractivity contribution in [1.29, 1.82) is 0 Å². The maximum atomic E-state index is 12.3. The average molecular weight is 251 g/mol. The van der Waals surface area contributed by atoms with E-state index in [1.165, 1.54) is 0 Å². The van der Waals surface area contributed by atoms with Crippen molar-refractivity contribution >= 4 is 5.91 Å². The molecule has 0 bridgehead atoms. The molecule has 0 saturated carbocycles. The fourth-order valence-corrected chi connectivity index (χ4v) is 2.31. The van der Waals surface area contributed by atoms with Gasteiger partial charge in [-0.2, -0.15) is 0 Å². The highest BCUT2D eigenvalue weighted by molar-refractivity contribution is 5.87. The number of amides is 1. The molecule has 1 saturated heterocycles. The minimum atomic E-state index is -0.119. The first kappa shape index (κ1) is 13.1. The van der Waals surface area contributed by atoms with Crippen LogP contribution in [0.2, 0.25) is 0 Å². The van der Waals surface area contributed by atoms with Crippen LogP contribution in [0, 0.1) is 19.8 Å². The number of rotatable bonds is 4. The molecule has 1 aliphatic rings. The molecule has 18 heavy (non-hydrogen) atoms. The molecule has 0 aromatic carbocycles. The number of carbonyl (C=O) groups excluding carboxylic acids is 1. The normalized spacial score (nSPS) is 23.3. The van der Waals surface area contributed by atoms with Crippen LogP contribution in [0.25, 0.3) is 0 Å². The van der Waals surface area contributed by atoms with Crippen LogP contribution in [0.3, 0.4) is 0 Å². The van der Waals surface area contributed by atoms with E-state index in [2.05, 4.69) is 10.7 Å². The highest BCUT2D eigenvalue weighted by Crippen LogP contribution is 2.15. The number of hydrogen-bond acceptors (Lipinski definition) is 3. The Morgan fingerprint density at radius 1 is 1.39 bits per heavy atom. The number of ether oxygens (including phenoxy) is 1. The monoisotopic (exact) mass is 251 g/mol. The van der Waals surface area contributed by atoms with Gasteiger partial charge in [-0.3, -0.25) is 14.9 Å². The van der Waals surface area contributed by atoms with Gasteiger partial charge in [0.05, 0.1) is 19.1 Å². The minimum Gasteiger partial charge on any atom is -0.379 e. The lowest BCUT2D eigenvalue weighted by Gasteiger charge is -2.19. The molecule has 2 N–H and O–H groups in total. The van der Waals surface area contributed by atoms with Crippen molar-refractivity contribution in [2.75, 3.05) is 25.2 Å². The van der Waals surface area contributed by atoms with Crippen LogP contribution in [-0.4, -0.2) is 36.4 Å². The fourth-order valence-electron chi connectivity index (χ4n) is 2.31. The van der Waals surface area contributed by atoms with Crippen molar-refractivity contribution in [2.24, 2.45) is 5.92 Å². The first-order valence-corrected chi connectivity index (χ1v) is 6.40. The Hall–Kier alpha value is -1.33. The summed E-state index contributed by atoms with van der Waals surface area (Å²) in [7, 11) is 0. The van der Waals surface area contributed by atoms with Gasteiger partial charge in [-0.25, -0.2) is 0 Å². The molecule has 1 amide bonds. The molecule has 0 radical (unpaired) electrons. The number of carbonyl (C=O) groups is 1. The summed E-state index contributed by atoms with van der Waals surface area (Å²) in [6.45, 7) is 7.92. The zero-order valence-electron chi connectivity index (χ0n) is 11.2. The molecule has 0 spiro atoms. The van der Waals surface area contributed by atoms with Gasteiger partial charge < -0.3 is 10.1 Å². The molecule has 2 rings (SSSR count). The third-order valence-corrected chi connectivity index (χ3v) is 3.38. The Bertz CT molecular complexity index is 408. The van der Waals surface area contributed by atoms with E-state index < -0.39 is 0 Å². The van der Waals surface area contributed by atoms with Gasteiger partial charge in [-0.1, -0.05) is 6.92 Å². The van der Waals surface area contributed by atoms with Gasteiger partial charge in [0, 0.05) is 17.4 Å². The van der Waals surface area contributed by atoms with E-state index in [-0.39, 0.29) is 17.9 Å². The average Bonchev–Trinajstić information content (AvgIpc) is 2.91. The number of nitrogens with zero attached hydrogens (tertiary/aromatic N) is 1. The second kappa shape index (κ2) is 5.54. The number of nitrogens with one attached hydrogen (secondary N) is 2. The smallest absolute Gasteiger partial charge is 0.245 e. The van der Waals surface area contributed by atoms with Crippen LogP contribution >= 0.6 is 0 Å². The van der Waals surface area contributed by atoms with E-state index in [1.54, 1.807) is 0 Å². The SMILES string of the molecule is CCNC1COCC1C(=O)Nn1c(C)ccc1C. The van der Waals surface area contributed by atoms with Crippen LogP contribution in [0.15, 0.2) is 12.1 Å². The lowest BCUT2D eigenvalue weighted by molar-refractivity contribution is -0.121. The second-order valence-electron chi connectivity index (χ2n) is 4.74. The maximum Gasteiger partial charge on any atom is 0.245 e. The minimum absolute atomic E-state index is 0.0147. The fraction of sp³-hybridized carbons (Fsp3) is 0.615. The standard InChI is InChI=1S/C13H21N3O2/c1-4-14-12-8-18-7-11(12)13(17)15-16-9(2)5-6-10(16)3/h5-6,11-12,14H,4,7-8H2,1-3H3,(H,15,17). The summed E-state index contributed by atoms with van der Waals surface area (Å²) >= 11 is 0. The molecule has 100 valence electrons. The van der Waals surface area contributed by atoms with E-state index in [9.17, 15) is 4.79 Å². The Kier molecular flexibility index (Phi) is 4.04. The van der Waals surface area contributed by atoms with E-state index >= 15 is 0 Å². The third-order valence-electron chi connectivity index (χ3n) is 3.38. The van der Waals surface area contributed by atoms with Gasteiger partial charge in [0.25, 0.3) is 0 Å². The van der Waals surface area contributed by atoms with Crippen LogP contribution in [0.1, 0.15) is 18.3 Å². The summed E-state index contributed by atoms with van der Waals surface area (Å²) in [4.78, 5) is 12.3. The third kappa shape index (κ3) is 2.57. The molecule has 1 fully saturated rings. The van der Waals surface area contributed by atoms with E-state index in [1.807, 2.05) is 37.6 Å². The van der Waals surface area contributed by atoms with Crippen LogP contribution in [-0.2, 0) is 9.53 Å². The summed E-state index contributed by atoms with van der Waals surface area (Å²) < 4.78 is 7.21. The van der Waals surface area contributed by atoms with Crippen LogP contribution < -0.4 is 10.7 Å². The van der Waals surface area contributed by atoms with Crippen molar-refractivity contribution in [3.8, 4) is 0 Å². The van der Waals surface area contributed by atoms with Gasteiger partial charge in [0.1, 0.15) is 0 Å². The Labute approximate surface area is 107 Å². The largest absolute Gasteiger partial charge is 0.379 e. The molecule has 5 heteroatoms. The van der Waals surface area contributed by atoms with E-state index in [0.29, 0.717) is 13.2 Å². The summed E-state index contributed by atoms with van der Waals surface area (Å²) in [5.41, 5.74) is 5.00. The highest BCUT2D eigenvalue weighted by Gasteiger charge is 2.33. The molecule has 1 aliphatic heterocycles. The molecule has 2 atom stereocenters. The summed E-state index contributed by atoms with van der Waals surface area (Å²) in [5, 5.41) is 3.29. The maximum absolute atomic E-state index is 12.3. The molecule has 2 heterocycles. The molecular weight excluding hydrogens is 230 g/mol. The van der Waals surface area contributed by atoms with E-state index in [0.717, 1.165) is 17.9 Å². The molecule has 1 aromatic rings. The predicted octanol–water partition coefficient (Wildman–Crippen LogP) is 0.800. The van der Waals surface area contributed by atoms with Gasteiger partial charge >= 0.3 is 0 Å². The van der Waals surface area contributed by atoms with Crippen molar-refractivity contribution < 1.29 is 9.53 Å². The quantitative estimate of drug-likeness (QED) is 0.832. The second-order valence-corrected chi connectivity index (χ2v) is 4.74. The van der Waals surface area contributed by atoms with Gasteiger partial charge in [-0.05, 0) is 32.5 Å². The molecule has 0 aliphatic carbocycles.